The number of nitrogens with one attached hydrogen (secondary N) is 1. The second kappa shape index (κ2) is 9.59. The van der Waals surface area contributed by atoms with Crippen LogP contribution in [-0.2, 0) is 6.54 Å². The van der Waals surface area contributed by atoms with E-state index >= 15 is 0 Å². The molecule has 0 aliphatic carbocycles. The van der Waals surface area contributed by atoms with E-state index in [0.29, 0.717) is 23.3 Å². The predicted octanol–water partition coefficient (Wildman–Crippen LogP) is 1.64. The van der Waals surface area contributed by atoms with E-state index in [1.807, 2.05) is 13.8 Å². The molecule has 0 atom stereocenters. The Kier molecular flexibility index (Phi) is 6.67. The van der Waals surface area contributed by atoms with Crippen molar-refractivity contribution in [1.82, 2.24) is 14.9 Å². The second-order valence-corrected chi connectivity index (χ2v) is 6.67. The first-order chi connectivity index (χ1) is 14.9. The Morgan fingerprint density at radius 1 is 1.16 bits per heavy atom. The number of aromatic nitrogens is 2. The molecule has 2 amide bonds. The number of pyridine rings is 2. The van der Waals surface area contributed by atoms with Crippen molar-refractivity contribution in [3.05, 3.63) is 69.6 Å². The quantitative estimate of drug-likeness (QED) is 0.590. The third kappa shape index (κ3) is 4.90. The van der Waals surface area contributed by atoms with Crippen LogP contribution in [0.5, 0.6) is 5.75 Å². The summed E-state index contributed by atoms with van der Waals surface area (Å²) in [6.07, 6.45) is 1.52. The topological polar surface area (TPSA) is 116 Å². The minimum absolute atomic E-state index is 0.0177. The lowest BCUT2D eigenvalue weighted by molar-refractivity contribution is 0.0955. The van der Waals surface area contributed by atoms with E-state index in [0.717, 1.165) is 5.69 Å². The van der Waals surface area contributed by atoms with Crippen molar-refractivity contribution in [3.63, 3.8) is 0 Å². The summed E-state index contributed by atoms with van der Waals surface area (Å²) >= 11 is 0. The molecule has 0 fully saturated rings. The molecular weight excluding hydrogens is 396 g/mol. The van der Waals surface area contributed by atoms with Gasteiger partial charge < -0.3 is 20.4 Å². The van der Waals surface area contributed by atoms with Crippen LogP contribution >= 0.6 is 0 Å². The van der Waals surface area contributed by atoms with Gasteiger partial charge in [-0.2, -0.15) is 0 Å². The molecule has 8 nitrogen and oxygen atoms in total. The van der Waals surface area contributed by atoms with Crippen LogP contribution in [-0.4, -0.2) is 34.5 Å². The van der Waals surface area contributed by atoms with Crippen molar-refractivity contribution < 1.29 is 14.3 Å². The van der Waals surface area contributed by atoms with Crippen LogP contribution in [0.1, 0.15) is 33.3 Å². The molecule has 0 spiro atoms. The number of ether oxygens (including phenoxy) is 1. The Morgan fingerprint density at radius 2 is 1.94 bits per heavy atom. The van der Waals surface area contributed by atoms with Gasteiger partial charge in [0.05, 0.1) is 17.5 Å². The van der Waals surface area contributed by atoms with Crippen LogP contribution in [0.25, 0.3) is 11.0 Å². The van der Waals surface area contributed by atoms with Gasteiger partial charge in [0, 0.05) is 18.4 Å². The fraction of sp³-hybridized carbons (Fsp3) is 0.217. The third-order valence-electron chi connectivity index (χ3n) is 4.56. The zero-order chi connectivity index (χ0) is 22.4. The summed E-state index contributed by atoms with van der Waals surface area (Å²) in [5.74, 6) is 4.74. The van der Waals surface area contributed by atoms with Crippen LogP contribution < -0.4 is 21.2 Å². The third-order valence-corrected chi connectivity index (χ3v) is 4.56. The van der Waals surface area contributed by atoms with Crippen molar-refractivity contribution in [1.29, 1.82) is 0 Å². The summed E-state index contributed by atoms with van der Waals surface area (Å²) in [6, 6.07) is 10.0. The van der Waals surface area contributed by atoms with Gasteiger partial charge in [-0.05, 0) is 38.1 Å². The summed E-state index contributed by atoms with van der Waals surface area (Å²) in [5, 5.41) is 3.02. The van der Waals surface area contributed by atoms with Crippen molar-refractivity contribution in [2.75, 3.05) is 13.2 Å². The minimum atomic E-state index is -0.589. The number of nitrogens with two attached hydrogens (primary N) is 1. The Bertz CT molecular complexity index is 1270. The van der Waals surface area contributed by atoms with Gasteiger partial charge in [0.2, 0.25) is 5.43 Å². The highest BCUT2D eigenvalue weighted by atomic mass is 16.5. The fourth-order valence-corrected chi connectivity index (χ4v) is 3.01. The summed E-state index contributed by atoms with van der Waals surface area (Å²) in [6.45, 7) is 4.38. The summed E-state index contributed by atoms with van der Waals surface area (Å²) in [4.78, 5) is 41.0. The highest BCUT2D eigenvalue weighted by Gasteiger charge is 2.15. The minimum Gasteiger partial charge on any atom is -0.480 e. The highest BCUT2D eigenvalue weighted by molar-refractivity contribution is 5.97. The first-order valence-electron chi connectivity index (χ1n) is 9.68. The lowest BCUT2D eigenvalue weighted by atomic mass is 10.1. The number of para-hydroxylation sites is 1. The van der Waals surface area contributed by atoms with Crippen LogP contribution in [0.15, 0.2) is 47.4 Å². The number of benzene rings is 1. The molecule has 0 unspecified atom stereocenters. The number of carbonyl (C=O) groups excluding carboxylic acids is 2. The van der Waals surface area contributed by atoms with Crippen LogP contribution in [0.2, 0.25) is 0 Å². The number of nitrogens with zero attached hydrogens (tertiary/aromatic N) is 2. The molecule has 158 valence electrons. The standard InChI is InChI=1S/C23H22N4O4/c1-3-27-14-18(20(28)17-11-10-15(2)26-22(17)27)23(30)25-12-6-7-13-31-19-9-5-4-8-16(19)21(24)29/h4-5,8-11,14H,3,12-13H2,1-2H3,(H2,24,29)(H,25,30). The number of primary amides is 1. The van der Waals surface area contributed by atoms with Crippen molar-refractivity contribution >= 4 is 22.8 Å². The molecule has 0 saturated heterocycles. The molecule has 0 radical (unpaired) electrons. The first kappa shape index (κ1) is 21.6. The summed E-state index contributed by atoms with van der Waals surface area (Å²) in [7, 11) is 0. The number of carbonyl (C=O) groups is 2. The Balaban J connectivity index is 1.66. The number of fused-ring (bicyclic) bond motifs is 1. The van der Waals surface area contributed by atoms with Gasteiger partial charge in [-0.15, -0.1) is 0 Å². The average molecular weight is 418 g/mol. The fourth-order valence-electron chi connectivity index (χ4n) is 3.01. The predicted molar refractivity (Wildman–Crippen MR) is 117 cm³/mol. The molecule has 3 rings (SSSR count). The number of hydrogen-bond acceptors (Lipinski definition) is 5. The molecular formula is C23H22N4O4. The zero-order valence-corrected chi connectivity index (χ0v) is 17.3. The molecule has 8 heteroatoms. The molecule has 3 N–H and O–H groups in total. The molecule has 2 aromatic heterocycles. The molecule has 0 bridgehead atoms. The highest BCUT2D eigenvalue weighted by Crippen LogP contribution is 2.16. The first-order valence-corrected chi connectivity index (χ1v) is 9.68. The second-order valence-electron chi connectivity index (χ2n) is 6.67. The van der Waals surface area contributed by atoms with E-state index in [4.69, 9.17) is 10.5 Å². The summed E-state index contributed by atoms with van der Waals surface area (Å²) < 4.78 is 7.22. The molecule has 31 heavy (non-hydrogen) atoms. The number of hydrogen-bond donors (Lipinski definition) is 2. The van der Waals surface area contributed by atoms with Gasteiger partial charge in [0.25, 0.3) is 11.8 Å². The van der Waals surface area contributed by atoms with E-state index in [-0.39, 0.29) is 29.7 Å². The smallest absolute Gasteiger partial charge is 0.257 e. The van der Waals surface area contributed by atoms with E-state index in [2.05, 4.69) is 22.1 Å². The molecule has 1 aromatic carbocycles. The van der Waals surface area contributed by atoms with Crippen LogP contribution in [0.4, 0.5) is 0 Å². The van der Waals surface area contributed by atoms with Crippen LogP contribution in [0, 0.1) is 18.8 Å². The van der Waals surface area contributed by atoms with Gasteiger partial charge >= 0.3 is 0 Å². The van der Waals surface area contributed by atoms with E-state index < -0.39 is 11.8 Å². The van der Waals surface area contributed by atoms with Crippen molar-refractivity contribution in [2.45, 2.75) is 20.4 Å². The van der Waals surface area contributed by atoms with Gasteiger partial charge in [0.1, 0.15) is 23.6 Å². The van der Waals surface area contributed by atoms with E-state index in [9.17, 15) is 14.4 Å². The normalized spacial score (nSPS) is 10.3. The molecule has 0 aliphatic heterocycles. The van der Waals surface area contributed by atoms with Crippen molar-refractivity contribution in [2.24, 2.45) is 5.73 Å². The number of rotatable bonds is 6. The Hall–Kier alpha value is -4.12. The molecule has 2 heterocycles. The number of amides is 2. The lowest BCUT2D eigenvalue weighted by Gasteiger charge is -2.11. The molecule has 3 aromatic rings. The summed E-state index contributed by atoms with van der Waals surface area (Å²) in [5.41, 5.74) is 6.58. The lowest BCUT2D eigenvalue weighted by Crippen LogP contribution is -2.30. The zero-order valence-electron chi connectivity index (χ0n) is 17.3. The van der Waals surface area contributed by atoms with Gasteiger partial charge in [-0.25, -0.2) is 4.98 Å². The van der Waals surface area contributed by atoms with Crippen LogP contribution in [0.3, 0.4) is 0 Å². The Morgan fingerprint density at radius 3 is 2.68 bits per heavy atom. The SMILES string of the molecule is CCn1cc(C(=O)NCC#CCOc2ccccc2C(N)=O)c(=O)c2ccc(C)nc21. The van der Waals surface area contributed by atoms with Crippen molar-refractivity contribution in [3.8, 4) is 17.6 Å². The van der Waals surface area contributed by atoms with E-state index in [1.54, 1.807) is 41.0 Å². The van der Waals surface area contributed by atoms with Gasteiger partial charge in [-0.1, -0.05) is 24.0 Å². The monoisotopic (exact) mass is 418 g/mol. The maximum Gasteiger partial charge on any atom is 0.257 e. The Labute approximate surface area is 179 Å². The molecule has 0 aliphatic rings. The van der Waals surface area contributed by atoms with Gasteiger partial charge in [0.15, 0.2) is 0 Å². The van der Waals surface area contributed by atoms with Gasteiger partial charge in [-0.3, -0.25) is 14.4 Å². The molecule has 0 saturated carbocycles. The maximum atomic E-state index is 12.7. The maximum absolute atomic E-state index is 12.7. The average Bonchev–Trinajstić information content (AvgIpc) is 2.76. The largest absolute Gasteiger partial charge is 0.480 e. The number of aryl methyl sites for hydroxylation is 2. The van der Waals surface area contributed by atoms with E-state index in [1.165, 1.54) is 6.20 Å².